The van der Waals surface area contributed by atoms with Crippen LogP contribution in [-0.4, -0.2) is 0 Å². The minimum absolute atomic E-state index is 0.0783. The van der Waals surface area contributed by atoms with Crippen molar-refractivity contribution in [3.8, 4) is 0 Å². The molecule has 0 amide bonds. The van der Waals surface area contributed by atoms with Crippen LogP contribution in [0.25, 0.3) is 0 Å². The quantitative estimate of drug-likeness (QED) is 0.251. The van der Waals surface area contributed by atoms with E-state index in [0.29, 0.717) is 5.41 Å². The van der Waals surface area contributed by atoms with Crippen molar-refractivity contribution in [3.63, 3.8) is 0 Å². The summed E-state index contributed by atoms with van der Waals surface area (Å²) in [4.78, 5) is 0. The van der Waals surface area contributed by atoms with E-state index in [9.17, 15) is 0 Å². The maximum absolute atomic E-state index is 2.49. The minimum atomic E-state index is 0.0783. The highest BCUT2D eigenvalue weighted by atomic mass is 14.6. The van der Waals surface area contributed by atoms with E-state index in [1.54, 1.807) is 64.2 Å². The standard InChI is InChI=1S/C16H18.C12H20.C12H18.C11H18/c1-13-9-11-15(12-10-13)16(2,3)14-7-5-4-6-8-14;1-2-8-6-9-7-12(8)11-5-3-4-10(9)11;1-5-12(3,4)11-8-6-10(2)7-9-11;1-7-5-8-6-11(7)10-4-2-3-9(8)10/h4-12H,1-3H3;8-12H,2-7H2,1H3;6-9H,5H2,1-4H3;7-11H,2-6H2,1H3. The topological polar surface area (TPSA) is 0 Å². The normalized spacial score (nSPS) is 32.6. The van der Waals surface area contributed by atoms with Gasteiger partial charge >= 0.3 is 0 Å². The molecule has 0 spiro atoms. The smallest absolute Gasteiger partial charge is 0.0146 e. The molecule has 0 N–H and O–H groups in total. The Hall–Kier alpha value is -2.34. The second kappa shape index (κ2) is 16.4. The molecule has 6 aliphatic rings. The van der Waals surface area contributed by atoms with Gasteiger partial charge in [-0.2, -0.15) is 0 Å². The highest BCUT2D eigenvalue weighted by Crippen LogP contribution is 2.62. The van der Waals surface area contributed by atoms with Gasteiger partial charge in [0.05, 0.1) is 0 Å². The summed E-state index contributed by atoms with van der Waals surface area (Å²) in [7, 11) is 0. The summed E-state index contributed by atoms with van der Waals surface area (Å²) < 4.78 is 0. The van der Waals surface area contributed by atoms with Gasteiger partial charge in [0.1, 0.15) is 0 Å². The van der Waals surface area contributed by atoms with Crippen LogP contribution in [0.15, 0.2) is 78.9 Å². The van der Waals surface area contributed by atoms with Gasteiger partial charge in [-0.25, -0.2) is 0 Å². The van der Waals surface area contributed by atoms with Gasteiger partial charge in [-0.15, -0.1) is 0 Å². The molecule has 0 heterocycles. The van der Waals surface area contributed by atoms with Gasteiger partial charge < -0.3 is 0 Å². The van der Waals surface area contributed by atoms with Crippen molar-refractivity contribution >= 4 is 0 Å². The first-order valence-corrected chi connectivity index (χ1v) is 21.6. The molecule has 0 radical (unpaired) electrons. The molecule has 3 aromatic carbocycles. The van der Waals surface area contributed by atoms with Crippen LogP contribution >= 0.6 is 0 Å². The first-order chi connectivity index (χ1) is 24.4. The molecule has 0 nitrogen and oxygen atoms in total. The molecule has 6 saturated carbocycles. The molecule has 10 unspecified atom stereocenters. The Balaban J connectivity index is 0.000000118. The Labute approximate surface area is 315 Å². The Morgan fingerprint density at radius 3 is 1.53 bits per heavy atom. The molecule has 0 saturated heterocycles. The molecule has 0 heteroatoms. The van der Waals surface area contributed by atoms with Crippen LogP contribution in [0.3, 0.4) is 0 Å². The van der Waals surface area contributed by atoms with Gasteiger partial charge in [-0.1, -0.05) is 158 Å². The molecule has 6 fully saturated rings. The van der Waals surface area contributed by atoms with E-state index in [1.165, 1.54) is 82.1 Å². The zero-order valence-corrected chi connectivity index (χ0v) is 34.3. The predicted octanol–water partition coefficient (Wildman–Crippen LogP) is 14.6. The van der Waals surface area contributed by atoms with E-state index in [4.69, 9.17) is 0 Å². The summed E-state index contributed by atoms with van der Waals surface area (Å²) in [5, 5.41) is 0. The third kappa shape index (κ3) is 8.42. The minimum Gasteiger partial charge on any atom is -0.0651 e. The summed E-state index contributed by atoms with van der Waals surface area (Å²) in [6, 6.07) is 28.3. The first kappa shape index (κ1) is 38.4. The molecule has 0 aliphatic heterocycles. The lowest BCUT2D eigenvalue weighted by molar-refractivity contribution is 0.185. The second-order valence-corrected chi connectivity index (χ2v) is 19.4. The Morgan fingerprint density at radius 1 is 0.510 bits per heavy atom. The monoisotopic (exact) mass is 687 g/mol. The Morgan fingerprint density at radius 2 is 0.980 bits per heavy atom. The zero-order chi connectivity index (χ0) is 36.3. The summed E-state index contributed by atoms with van der Waals surface area (Å²) in [6.07, 6.45) is 18.5. The Kier molecular flexibility index (Phi) is 12.3. The zero-order valence-electron chi connectivity index (χ0n) is 34.3. The SMILES string of the molecule is CC1CC2CC1C1CCCC21.CCC(C)(C)c1ccc(C)cc1.CCC1CC2CC1C1CCCC21.Cc1ccc(C(C)(C)c2ccccc2)cc1. The van der Waals surface area contributed by atoms with E-state index in [1.807, 2.05) is 0 Å². The molecular weight excluding hydrogens is 613 g/mol. The van der Waals surface area contributed by atoms with Crippen LogP contribution in [0, 0.1) is 73.0 Å². The Bertz CT molecular complexity index is 1490. The van der Waals surface area contributed by atoms with Gasteiger partial charge in [0.25, 0.3) is 0 Å². The number of hydrogen-bond acceptors (Lipinski definition) is 0. The van der Waals surface area contributed by atoms with E-state index < -0.39 is 0 Å². The summed E-state index contributed by atoms with van der Waals surface area (Å²) in [6.45, 7) is 20.5. The first-order valence-electron chi connectivity index (χ1n) is 21.6. The van der Waals surface area contributed by atoms with E-state index in [0.717, 1.165) is 17.8 Å². The highest BCUT2D eigenvalue weighted by Gasteiger charge is 2.53. The van der Waals surface area contributed by atoms with E-state index in [2.05, 4.69) is 141 Å². The fraction of sp³-hybridized carbons (Fsp3) is 0.647. The molecule has 51 heavy (non-hydrogen) atoms. The number of rotatable bonds is 5. The van der Waals surface area contributed by atoms with Gasteiger partial charge in [0, 0.05) is 5.41 Å². The molecule has 9 rings (SSSR count). The maximum Gasteiger partial charge on any atom is 0.0146 e. The largest absolute Gasteiger partial charge is 0.0651 e. The van der Waals surface area contributed by atoms with Crippen molar-refractivity contribution in [3.05, 3.63) is 107 Å². The number of hydrogen-bond donors (Lipinski definition) is 0. The van der Waals surface area contributed by atoms with Gasteiger partial charge in [0.15, 0.2) is 0 Å². The predicted molar refractivity (Wildman–Crippen MR) is 221 cm³/mol. The maximum atomic E-state index is 2.49. The lowest BCUT2D eigenvalue weighted by Gasteiger charge is -2.30. The van der Waals surface area contributed by atoms with Crippen LogP contribution in [0.4, 0.5) is 0 Å². The third-order valence-corrected chi connectivity index (χ3v) is 15.8. The van der Waals surface area contributed by atoms with Gasteiger partial charge in [0.2, 0.25) is 0 Å². The highest BCUT2D eigenvalue weighted by molar-refractivity contribution is 5.38. The average molecular weight is 687 g/mol. The molecule has 278 valence electrons. The van der Waals surface area contributed by atoms with Crippen molar-refractivity contribution in [1.29, 1.82) is 0 Å². The van der Waals surface area contributed by atoms with Crippen LogP contribution in [0.1, 0.15) is 153 Å². The fourth-order valence-electron chi connectivity index (χ4n) is 12.3. The second-order valence-electron chi connectivity index (χ2n) is 19.4. The summed E-state index contributed by atoms with van der Waals surface area (Å²) in [5.41, 5.74) is 7.22. The van der Waals surface area contributed by atoms with Crippen molar-refractivity contribution in [2.45, 2.75) is 150 Å². The number of aryl methyl sites for hydroxylation is 2. The van der Waals surface area contributed by atoms with Crippen LogP contribution in [0.5, 0.6) is 0 Å². The lowest BCUT2D eigenvalue weighted by atomic mass is 9.75. The molecular formula is C51H74. The van der Waals surface area contributed by atoms with Gasteiger partial charge in [-0.3, -0.25) is 0 Å². The lowest BCUT2D eigenvalue weighted by Crippen LogP contribution is -2.23. The number of benzene rings is 3. The molecule has 4 bridgehead atoms. The van der Waals surface area contributed by atoms with Crippen molar-refractivity contribution in [1.82, 2.24) is 0 Å². The van der Waals surface area contributed by atoms with Crippen LogP contribution < -0.4 is 0 Å². The van der Waals surface area contributed by atoms with Crippen molar-refractivity contribution in [2.24, 2.45) is 59.2 Å². The van der Waals surface area contributed by atoms with E-state index >= 15 is 0 Å². The van der Waals surface area contributed by atoms with Crippen molar-refractivity contribution < 1.29 is 0 Å². The van der Waals surface area contributed by atoms with Crippen molar-refractivity contribution in [2.75, 3.05) is 0 Å². The third-order valence-electron chi connectivity index (χ3n) is 15.8. The molecule has 10 atom stereocenters. The van der Waals surface area contributed by atoms with E-state index in [-0.39, 0.29) is 5.41 Å². The number of fused-ring (bicyclic) bond motifs is 10. The fourth-order valence-corrected chi connectivity index (χ4v) is 12.3. The molecule has 0 aromatic heterocycles. The summed E-state index contributed by atoms with van der Waals surface area (Å²) >= 11 is 0. The summed E-state index contributed by atoms with van der Waals surface area (Å²) in [5.74, 6) is 11.6. The van der Waals surface area contributed by atoms with Gasteiger partial charge in [-0.05, 0) is 153 Å². The molecule has 6 aliphatic carbocycles. The van der Waals surface area contributed by atoms with Crippen LogP contribution in [-0.2, 0) is 10.8 Å². The van der Waals surface area contributed by atoms with Crippen LogP contribution in [0.2, 0.25) is 0 Å². The average Bonchev–Trinajstić information content (AvgIpc) is 3.98. The molecule has 3 aromatic rings.